The van der Waals surface area contributed by atoms with Crippen LogP contribution in [0.5, 0.6) is 5.75 Å². The maximum Gasteiger partial charge on any atom is 0.336 e. The molecule has 122 valence electrons. The zero-order valence-corrected chi connectivity index (χ0v) is 13.5. The molecule has 1 aromatic heterocycles. The summed E-state index contributed by atoms with van der Waals surface area (Å²) in [6.07, 6.45) is 8.48. The van der Waals surface area contributed by atoms with Gasteiger partial charge in [0.2, 0.25) is 0 Å². The van der Waals surface area contributed by atoms with E-state index >= 15 is 0 Å². The molecule has 4 nitrogen and oxygen atoms in total. The van der Waals surface area contributed by atoms with Gasteiger partial charge in [-0.3, -0.25) is 0 Å². The maximum atomic E-state index is 11.8. The number of nitrogens with one attached hydrogen (secondary N) is 1. The van der Waals surface area contributed by atoms with Crippen LogP contribution in [-0.2, 0) is 6.54 Å². The molecule has 1 heterocycles. The molecule has 0 unspecified atom stereocenters. The van der Waals surface area contributed by atoms with E-state index in [0.29, 0.717) is 17.7 Å². The van der Waals surface area contributed by atoms with Gasteiger partial charge in [-0.25, -0.2) is 4.79 Å². The quantitative estimate of drug-likeness (QED) is 0.501. The summed E-state index contributed by atoms with van der Waals surface area (Å²) >= 11 is 0. The van der Waals surface area contributed by atoms with Crippen molar-refractivity contribution in [1.82, 2.24) is 5.32 Å². The van der Waals surface area contributed by atoms with E-state index in [0.717, 1.165) is 23.9 Å². The van der Waals surface area contributed by atoms with E-state index < -0.39 is 0 Å². The second kappa shape index (κ2) is 7.01. The zero-order valence-electron chi connectivity index (χ0n) is 13.5. The number of hydrogen-bond donors (Lipinski definition) is 2. The number of phenolic OH excluding ortho intramolecular Hbond substituents is 1. The lowest BCUT2D eigenvalue weighted by Gasteiger charge is -2.13. The Labute approximate surface area is 135 Å². The molecule has 2 aromatic rings. The Balaban J connectivity index is 1.71. The summed E-state index contributed by atoms with van der Waals surface area (Å²) in [5, 5.41) is 14.1. The highest BCUT2D eigenvalue weighted by molar-refractivity contribution is 5.84. The summed E-state index contributed by atoms with van der Waals surface area (Å²) in [5.41, 5.74) is 3.16. The molecule has 1 aliphatic carbocycles. The van der Waals surface area contributed by atoms with Crippen LogP contribution in [0.4, 0.5) is 0 Å². The van der Waals surface area contributed by atoms with Crippen molar-refractivity contribution in [2.45, 2.75) is 45.6 Å². The number of phenols is 1. The lowest BCUT2D eigenvalue weighted by atomic mass is 9.97. The van der Waals surface area contributed by atoms with Crippen molar-refractivity contribution in [1.29, 1.82) is 0 Å². The van der Waals surface area contributed by atoms with Crippen LogP contribution < -0.4 is 10.9 Å². The number of fused-ring (bicyclic) bond motifs is 1. The van der Waals surface area contributed by atoms with Crippen LogP contribution in [-0.4, -0.2) is 11.7 Å². The first-order valence-electron chi connectivity index (χ1n) is 8.29. The van der Waals surface area contributed by atoms with Gasteiger partial charge in [-0.15, -0.1) is 0 Å². The monoisotopic (exact) mass is 313 g/mol. The molecule has 0 atom stereocenters. The summed E-state index contributed by atoms with van der Waals surface area (Å²) in [7, 11) is 0. The minimum absolute atomic E-state index is 0.148. The molecule has 0 fully saturated rings. The molecule has 0 spiro atoms. The summed E-state index contributed by atoms with van der Waals surface area (Å²) in [6.45, 7) is 3.29. The van der Waals surface area contributed by atoms with Gasteiger partial charge < -0.3 is 14.8 Å². The van der Waals surface area contributed by atoms with Gasteiger partial charge in [0, 0.05) is 23.6 Å². The molecule has 0 saturated carbocycles. The van der Waals surface area contributed by atoms with Gasteiger partial charge in [-0.1, -0.05) is 11.6 Å². The largest absolute Gasteiger partial charge is 0.508 e. The fourth-order valence-electron chi connectivity index (χ4n) is 3.17. The van der Waals surface area contributed by atoms with Crippen molar-refractivity contribution in [2.24, 2.45) is 0 Å². The molecule has 1 aliphatic rings. The minimum atomic E-state index is -0.377. The van der Waals surface area contributed by atoms with Crippen LogP contribution in [0, 0.1) is 6.92 Å². The van der Waals surface area contributed by atoms with E-state index in [1.807, 2.05) is 0 Å². The SMILES string of the molecule is Cc1c(O)ccc2c(CNCCC3=CCCCC3)cc(=O)oc12. The van der Waals surface area contributed by atoms with E-state index in [1.165, 1.54) is 31.7 Å². The molecule has 4 heteroatoms. The smallest absolute Gasteiger partial charge is 0.336 e. The van der Waals surface area contributed by atoms with Crippen molar-refractivity contribution in [3.63, 3.8) is 0 Å². The predicted octanol–water partition coefficient (Wildman–Crippen LogP) is 3.79. The number of rotatable bonds is 5. The lowest BCUT2D eigenvalue weighted by Crippen LogP contribution is -2.17. The Morgan fingerprint density at radius 2 is 2.17 bits per heavy atom. The first-order chi connectivity index (χ1) is 11.1. The maximum absolute atomic E-state index is 11.8. The fourth-order valence-corrected chi connectivity index (χ4v) is 3.17. The zero-order chi connectivity index (χ0) is 16.2. The average molecular weight is 313 g/mol. The van der Waals surface area contributed by atoms with Crippen LogP contribution in [0.25, 0.3) is 11.0 Å². The topological polar surface area (TPSA) is 62.5 Å². The van der Waals surface area contributed by atoms with Crippen molar-refractivity contribution in [3.8, 4) is 5.75 Å². The lowest BCUT2D eigenvalue weighted by molar-refractivity contribution is 0.468. The van der Waals surface area contributed by atoms with E-state index in [-0.39, 0.29) is 11.4 Å². The number of aromatic hydroxyl groups is 1. The van der Waals surface area contributed by atoms with E-state index in [2.05, 4.69) is 11.4 Å². The van der Waals surface area contributed by atoms with Crippen molar-refractivity contribution < 1.29 is 9.52 Å². The van der Waals surface area contributed by atoms with Gasteiger partial charge in [0.1, 0.15) is 11.3 Å². The molecule has 3 rings (SSSR count). The van der Waals surface area contributed by atoms with Gasteiger partial charge in [-0.2, -0.15) is 0 Å². The fraction of sp³-hybridized carbons (Fsp3) is 0.421. The van der Waals surface area contributed by atoms with Crippen molar-refractivity contribution in [2.75, 3.05) is 6.54 Å². The molecule has 1 aromatic carbocycles. The number of aryl methyl sites for hydroxylation is 1. The molecule has 0 saturated heterocycles. The van der Waals surface area contributed by atoms with Crippen LogP contribution in [0.3, 0.4) is 0 Å². The number of benzene rings is 1. The highest BCUT2D eigenvalue weighted by Crippen LogP contribution is 2.27. The van der Waals surface area contributed by atoms with Crippen LogP contribution in [0.15, 0.2) is 39.1 Å². The normalized spacial score (nSPS) is 14.9. The van der Waals surface area contributed by atoms with Crippen LogP contribution in [0.2, 0.25) is 0 Å². The molecule has 23 heavy (non-hydrogen) atoms. The summed E-state index contributed by atoms with van der Waals surface area (Å²) in [5.74, 6) is 0.148. The first-order valence-corrected chi connectivity index (χ1v) is 8.29. The standard InChI is InChI=1S/C19H23NO3/c1-13-17(21)8-7-16-15(11-18(22)23-19(13)16)12-20-10-9-14-5-3-2-4-6-14/h5,7-8,11,20-21H,2-4,6,9-10,12H2,1H3. The average Bonchev–Trinajstić information content (AvgIpc) is 2.56. The Hall–Kier alpha value is -2.07. The van der Waals surface area contributed by atoms with Crippen molar-refractivity contribution in [3.05, 3.63) is 51.4 Å². The molecule has 0 aliphatic heterocycles. The third-order valence-corrected chi connectivity index (χ3v) is 4.54. The Morgan fingerprint density at radius 3 is 2.96 bits per heavy atom. The molecule has 2 N–H and O–H groups in total. The minimum Gasteiger partial charge on any atom is -0.508 e. The first kappa shape index (κ1) is 15.8. The predicted molar refractivity (Wildman–Crippen MR) is 91.8 cm³/mol. The Bertz CT molecular complexity index is 789. The molecule has 0 bridgehead atoms. The second-order valence-electron chi connectivity index (χ2n) is 6.21. The van der Waals surface area contributed by atoms with Gasteiger partial charge in [0.15, 0.2) is 0 Å². The third-order valence-electron chi connectivity index (χ3n) is 4.54. The molecule has 0 radical (unpaired) electrons. The highest BCUT2D eigenvalue weighted by atomic mass is 16.4. The van der Waals surface area contributed by atoms with E-state index in [1.54, 1.807) is 24.6 Å². The molecule has 0 amide bonds. The van der Waals surface area contributed by atoms with E-state index in [9.17, 15) is 9.90 Å². The van der Waals surface area contributed by atoms with Gasteiger partial charge >= 0.3 is 5.63 Å². The van der Waals surface area contributed by atoms with Gasteiger partial charge in [0.05, 0.1) is 0 Å². The van der Waals surface area contributed by atoms with Crippen LogP contribution in [0.1, 0.15) is 43.2 Å². The Morgan fingerprint density at radius 1 is 1.30 bits per heavy atom. The summed E-state index contributed by atoms with van der Waals surface area (Å²) < 4.78 is 5.26. The molecular weight excluding hydrogens is 290 g/mol. The van der Waals surface area contributed by atoms with Gasteiger partial charge in [0.25, 0.3) is 0 Å². The summed E-state index contributed by atoms with van der Waals surface area (Å²) in [4.78, 5) is 11.8. The number of hydrogen-bond acceptors (Lipinski definition) is 4. The summed E-state index contributed by atoms with van der Waals surface area (Å²) in [6, 6.07) is 4.99. The van der Waals surface area contributed by atoms with Crippen molar-refractivity contribution >= 4 is 11.0 Å². The van der Waals surface area contributed by atoms with Crippen LogP contribution >= 0.6 is 0 Å². The number of allylic oxidation sites excluding steroid dienone is 1. The van der Waals surface area contributed by atoms with Gasteiger partial charge in [-0.05, 0) is 63.3 Å². The highest BCUT2D eigenvalue weighted by Gasteiger charge is 2.10. The molecular formula is C19H23NO3. The second-order valence-corrected chi connectivity index (χ2v) is 6.21. The third kappa shape index (κ3) is 3.64. The van der Waals surface area contributed by atoms with E-state index in [4.69, 9.17) is 4.42 Å². The Kier molecular flexibility index (Phi) is 4.82.